The molecule has 0 aromatic carbocycles. The first-order chi connectivity index (χ1) is 5.79. The van der Waals surface area contributed by atoms with Gasteiger partial charge in [0.25, 0.3) is 0 Å². The maximum atomic E-state index is 5.26. The van der Waals surface area contributed by atoms with Gasteiger partial charge in [0.1, 0.15) is 5.50 Å². The van der Waals surface area contributed by atoms with Crippen molar-refractivity contribution in [2.75, 3.05) is 0 Å². The summed E-state index contributed by atoms with van der Waals surface area (Å²) >= 11 is 0. The van der Waals surface area contributed by atoms with E-state index < -0.39 is 0 Å². The number of furan rings is 1. The summed E-state index contributed by atoms with van der Waals surface area (Å²) in [6.45, 7) is 4.36. The second-order valence-electron chi connectivity index (χ2n) is 3.04. The third kappa shape index (κ3) is 2.10. The number of hydrogen-bond donors (Lipinski definition) is 0. The third-order valence-electron chi connectivity index (χ3n) is 1.98. The molecule has 66 valence electrons. The van der Waals surface area contributed by atoms with Gasteiger partial charge in [0.2, 0.25) is 0 Å². The molecule has 1 rings (SSSR count). The molecule has 12 heavy (non-hydrogen) atoms. The minimum atomic E-state index is 0.806. The van der Waals surface area contributed by atoms with Crippen LogP contribution < -0.4 is 5.50 Å². The SMILES string of the molecule is CCCc1coc([P])c1CCC. The molecule has 0 saturated heterocycles. The third-order valence-corrected chi connectivity index (χ3v) is 2.35. The Hall–Kier alpha value is -0.290. The molecule has 2 radical (unpaired) electrons. The molecule has 1 heterocycles. The van der Waals surface area contributed by atoms with E-state index in [2.05, 4.69) is 23.1 Å². The van der Waals surface area contributed by atoms with E-state index in [-0.39, 0.29) is 0 Å². The van der Waals surface area contributed by atoms with E-state index in [4.69, 9.17) is 4.42 Å². The zero-order valence-electron chi connectivity index (χ0n) is 7.76. The van der Waals surface area contributed by atoms with E-state index >= 15 is 0 Å². The van der Waals surface area contributed by atoms with Crippen LogP contribution in [0.5, 0.6) is 0 Å². The van der Waals surface area contributed by atoms with Crippen molar-refractivity contribution in [1.29, 1.82) is 0 Å². The lowest BCUT2D eigenvalue weighted by Gasteiger charge is -1.99. The van der Waals surface area contributed by atoms with Crippen molar-refractivity contribution in [1.82, 2.24) is 0 Å². The van der Waals surface area contributed by atoms with Crippen LogP contribution in [-0.2, 0) is 12.8 Å². The van der Waals surface area contributed by atoms with Crippen molar-refractivity contribution >= 4 is 14.7 Å². The Morgan fingerprint density at radius 3 is 2.50 bits per heavy atom. The van der Waals surface area contributed by atoms with Gasteiger partial charge in [-0.25, -0.2) is 0 Å². The smallest absolute Gasteiger partial charge is 0.139 e. The second kappa shape index (κ2) is 4.67. The molecule has 0 saturated carbocycles. The van der Waals surface area contributed by atoms with Gasteiger partial charge in [0, 0.05) is 14.8 Å². The van der Waals surface area contributed by atoms with Crippen LogP contribution in [0.25, 0.3) is 0 Å². The molecule has 0 amide bonds. The Labute approximate surface area is 76.7 Å². The minimum Gasteiger partial charge on any atom is -0.463 e. The van der Waals surface area contributed by atoms with E-state index in [0.29, 0.717) is 0 Å². The standard InChI is InChI=1S/C10H15OP/c1-3-5-8-7-11-10(12)9(8)6-4-2/h7H,3-6H2,1-2H3. The number of hydrogen-bond acceptors (Lipinski definition) is 1. The Morgan fingerprint density at radius 1 is 1.25 bits per heavy atom. The van der Waals surface area contributed by atoms with Crippen molar-refractivity contribution in [2.24, 2.45) is 0 Å². The van der Waals surface area contributed by atoms with Gasteiger partial charge in [-0.1, -0.05) is 26.7 Å². The molecule has 1 nitrogen and oxygen atoms in total. The molecule has 0 fully saturated rings. The summed E-state index contributed by atoms with van der Waals surface area (Å²) in [5, 5.41) is 0. The van der Waals surface area contributed by atoms with E-state index in [1.54, 1.807) is 0 Å². The molecule has 0 atom stereocenters. The molecule has 1 aromatic rings. The summed E-state index contributed by atoms with van der Waals surface area (Å²) in [6, 6.07) is 0. The van der Waals surface area contributed by atoms with Gasteiger partial charge < -0.3 is 4.42 Å². The average Bonchev–Trinajstić information content (AvgIpc) is 2.37. The Bertz CT molecular complexity index is 240. The Morgan fingerprint density at radius 2 is 1.92 bits per heavy atom. The van der Waals surface area contributed by atoms with Crippen molar-refractivity contribution in [3.05, 3.63) is 17.4 Å². The summed E-state index contributed by atoms with van der Waals surface area (Å²) in [6.07, 6.45) is 6.37. The van der Waals surface area contributed by atoms with Crippen molar-refractivity contribution in [2.45, 2.75) is 39.5 Å². The average molecular weight is 182 g/mol. The molecular formula is C10H15OP. The zero-order valence-corrected chi connectivity index (χ0v) is 8.66. The minimum absolute atomic E-state index is 0.806. The summed E-state index contributed by atoms with van der Waals surface area (Å²) in [4.78, 5) is 0. The summed E-state index contributed by atoms with van der Waals surface area (Å²) < 4.78 is 5.26. The predicted molar refractivity (Wildman–Crippen MR) is 53.3 cm³/mol. The van der Waals surface area contributed by atoms with Gasteiger partial charge in [0.05, 0.1) is 6.26 Å². The van der Waals surface area contributed by atoms with Crippen LogP contribution in [0.15, 0.2) is 10.7 Å². The largest absolute Gasteiger partial charge is 0.463 e. The maximum Gasteiger partial charge on any atom is 0.139 e. The van der Waals surface area contributed by atoms with Gasteiger partial charge in [-0.3, -0.25) is 0 Å². The van der Waals surface area contributed by atoms with Crippen LogP contribution in [0, 0.1) is 0 Å². The molecule has 0 unspecified atom stereocenters. The van der Waals surface area contributed by atoms with Crippen LogP contribution in [-0.4, -0.2) is 0 Å². The first-order valence-corrected chi connectivity index (χ1v) is 5.02. The maximum absolute atomic E-state index is 5.26. The van der Waals surface area contributed by atoms with Crippen LogP contribution in [0.2, 0.25) is 0 Å². The van der Waals surface area contributed by atoms with Crippen LogP contribution in [0.4, 0.5) is 0 Å². The van der Waals surface area contributed by atoms with Gasteiger partial charge in [-0.2, -0.15) is 0 Å². The first-order valence-electron chi connectivity index (χ1n) is 4.57. The molecule has 0 bridgehead atoms. The highest BCUT2D eigenvalue weighted by Gasteiger charge is 2.08. The van der Waals surface area contributed by atoms with E-state index in [9.17, 15) is 0 Å². The Kier molecular flexibility index (Phi) is 3.81. The summed E-state index contributed by atoms with van der Waals surface area (Å²) in [7, 11) is 4.28. The molecule has 1 aromatic heterocycles. The fourth-order valence-corrected chi connectivity index (χ4v) is 1.71. The van der Waals surface area contributed by atoms with Gasteiger partial charge in [0.15, 0.2) is 0 Å². The van der Waals surface area contributed by atoms with Crippen molar-refractivity contribution in [3.63, 3.8) is 0 Å². The second-order valence-corrected chi connectivity index (χ2v) is 3.45. The number of rotatable bonds is 4. The lowest BCUT2D eigenvalue weighted by molar-refractivity contribution is 0.597. The molecule has 0 spiro atoms. The summed E-state index contributed by atoms with van der Waals surface area (Å²) in [5.74, 6) is 0. The van der Waals surface area contributed by atoms with Gasteiger partial charge >= 0.3 is 0 Å². The zero-order chi connectivity index (χ0) is 8.97. The highest BCUT2D eigenvalue weighted by molar-refractivity contribution is 7.26. The predicted octanol–water partition coefficient (Wildman–Crippen LogP) is 3.22. The Balaban J connectivity index is 2.80. The van der Waals surface area contributed by atoms with Crippen LogP contribution in [0.3, 0.4) is 0 Å². The van der Waals surface area contributed by atoms with Gasteiger partial charge in [-0.15, -0.1) is 0 Å². The first kappa shape index (κ1) is 9.80. The van der Waals surface area contributed by atoms with E-state index in [1.165, 1.54) is 17.5 Å². The molecule has 0 aliphatic rings. The monoisotopic (exact) mass is 182 g/mol. The lowest BCUT2D eigenvalue weighted by atomic mass is 10.1. The molecule has 2 heteroatoms. The van der Waals surface area contributed by atoms with Crippen LogP contribution >= 0.6 is 9.24 Å². The number of aryl methyl sites for hydroxylation is 1. The van der Waals surface area contributed by atoms with Crippen molar-refractivity contribution in [3.8, 4) is 0 Å². The van der Waals surface area contributed by atoms with Gasteiger partial charge in [-0.05, 0) is 18.4 Å². The molecule has 0 N–H and O–H groups in total. The quantitative estimate of drug-likeness (QED) is 0.651. The normalized spacial score (nSPS) is 10.6. The lowest BCUT2D eigenvalue weighted by Crippen LogP contribution is -1.98. The topological polar surface area (TPSA) is 13.1 Å². The highest BCUT2D eigenvalue weighted by Crippen LogP contribution is 2.14. The molecular weight excluding hydrogens is 167 g/mol. The fraction of sp³-hybridized carbons (Fsp3) is 0.600. The van der Waals surface area contributed by atoms with Crippen LogP contribution in [0.1, 0.15) is 37.8 Å². The highest BCUT2D eigenvalue weighted by atomic mass is 31.0. The van der Waals surface area contributed by atoms with Crippen molar-refractivity contribution < 1.29 is 4.42 Å². The molecule has 0 aliphatic carbocycles. The molecule has 0 aliphatic heterocycles. The fourth-order valence-electron chi connectivity index (χ4n) is 1.40. The van der Waals surface area contributed by atoms with E-state index in [0.717, 1.165) is 24.8 Å². The summed E-state index contributed by atoms with van der Waals surface area (Å²) in [5.41, 5.74) is 3.45. The van der Waals surface area contributed by atoms with E-state index in [1.807, 2.05) is 6.26 Å².